The maximum absolute atomic E-state index is 5.91. The van der Waals surface area contributed by atoms with Crippen molar-refractivity contribution in [3.63, 3.8) is 0 Å². The van der Waals surface area contributed by atoms with Crippen molar-refractivity contribution in [3.05, 3.63) is 66.5 Å². The Morgan fingerprint density at radius 2 is 1.73 bits per heavy atom. The van der Waals surface area contributed by atoms with Crippen molar-refractivity contribution < 1.29 is 14.2 Å². The van der Waals surface area contributed by atoms with E-state index in [9.17, 15) is 0 Å². The number of hydrogen-bond acceptors (Lipinski definition) is 8. The van der Waals surface area contributed by atoms with Crippen molar-refractivity contribution in [1.82, 2.24) is 19.9 Å². The molecule has 0 aliphatic rings. The Balaban J connectivity index is 1.65. The maximum Gasteiger partial charge on any atom is 0.163 e. The van der Waals surface area contributed by atoms with E-state index >= 15 is 0 Å². The number of aryl methyl sites for hydroxylation is 1. The summed E-state index contributed by atoms with van der Waals surface area (Å²) in [6, 6.07) is 11.4. The van der Waals surface area contributed by atoms with Gasteiger partial charge in [0.05, 0.1) is 25.4 Å². The molecule has 8 heteroatoms. The van der Waals surface area contributed by atoms with Gasteiger partial charge in [-0.15, -0.1) is 0 Å². The van der Waals surface area contributed by atoms with Crippen LogP contribution in [0.5, 0.6) is 17.2 Å². The zero-order chi connectivity index (χ0) is 20.9. The molecular formula is C22H21N5O3. The Labute approximate surface area is 173 Å². The molecule has 0 atom stereocenters. The molecule has 0 fully saturated rings. The number of nitrogens with zero attached hydrogens (tertiary/aromatic N) is 4. The summed E-state index contributed by atoms with van der Waals surface area (Å²) in [5.74, 6) is 2.61. The first-order chi connectivity index (χ1) is 14.7. The summed E-state index contributed by atoms with van der Waals surface area (Å²) in [7, 11) is 3.25. The zero-order valence-electron chi connectivity index (χ0n) is 16.9. The molecule has 0 unspecified atom stereocenters. The van der Waals surface area contributed by atoms with Crippen LogP contribution in [0.2, 0.25) is 0 Å². The highest BCUT2D eigenvalue weighted by atomic mass is 16.5. The van der Waals surface area contributed by atoms with Crippen LogP contribution in [0.4, 0.5) is 11.5 Å². The molecule has 4 aromatic rings. The quantitative estimate of drug-likeness (QED) is 0.494. The lowest BCUT2D eigenvalue weighted by molar-refractivity contribution is 0.281. The van der Waals surface area contributed by atoms with Crippen LogP contribution in [-0.4, -0.2) is 34.2 Å². The van der Waals surface area contributed by atoms with Crippen molar-refractivity contribution in [2.75, 3.05) is 19.5 Å². The molecule has 2 heterocycles. The van der Waals surface area contributed by atoms with Gasteiger partial charge >= 0.3 is 0 Å². The first kappa shape index (κ1) is 19.4. The highest BCUT2D eigenvalue weighted by Gasteiger charge is 2.13. The van der Waals surface area contributed by atoms with Gasteiger partial charge in [0.2, 0.25) is 0 Å². The fourth-order valence-electron chi connectivity index (χ4n) is 3.03. The monoisotopic (exact) mass is 403 g/mol. The van der Waals surface area contributed by atoms with Gasteiger partial charge in [0.1, 0.15) is 30.8 Å². The Kier molecular flexibility index (Phi) is 5.56. The third kappa shape index (κ3) is 4.07. The fourth-order valence-corrected chi connectivity index (χ4v) is 3.03. The van der Waals surface area contributed by atoms with Gasteiger partial charge in [0.15, 0.2) is 11.5 Å². The van der Waals surface area contributed by atoms with E-state index in [1.165, 1.54) is 12.7 Å². The summed E-state index contributed by atoms with van der Waals surface area (Å²) in [5, 5.41) is 4.14. The summed E-state index contributed by atoms with van der Waals surface area (Å²) < 4.78 is 16.9. The summed E-state index contributed by atoms with van der Waals surface area (Å²) in [6.07, 6.45) is 4.67. The number of benzene rings is 2. The molecule has 2 aromatic carbocycles. The van der Waals surface area contributed by atoms with E-state index in [0.717, 1.165) is 33.6 Å². The van der Waals surface area contributed by atoms with Crippen molar-refractivity contribution in [3.8, 4) is 17.2 Å². The number of methoxy groups -OCH3 is 2. The number of anilines is 2. The number of ether oxygens (including phenoxy) is 3. The lowest BCUT2D eigenvalue weighted by Crippen LogP contribution is -2.01. The molecule has 1 N–H and O–H groups in total. The van der Waals surface area contributed by atoms with E-state index in [0.29, 0.717) is 23.9 Å². The molecule has 0 saturated carbocycles. The summed E-state index contributed by atoms with van der Waals surface area (Å²) >= 11 is 0. The normalized spacial score (nSPS) is 10.6. The molecule has 4 rings (SSSR count). The van der Waals surface area contributed by atoms with Gasteiger partial charge in [-0.25, -0.2) is 19.9 Å². The maximum atomic E-state index is 5.91. The Bertz CT molecular complexity index is 1170. The van der Waals surface area contributed by atoms with Crippen LogP contribution >= 0.6 is 0 Å². The average molecular weight is 403 g/mol. The van der Waals surface area contributed by atoms with E-state index in [-0.39, 0.29) is 0 Å². The Morgan fingerprint density at radius 1 is 0.867 bits per heavy atom. The molecule has 8 nitrogen and oxygen atoms in total. The van der Waals surface area contributed by atoms with Crippen LogP contribution < -0.4 is 19.5 Å². The van der Waals surface area contributed by atoms with Crippen molar-refractivity contribution in [2.45, 2.75) is 13.5 Å². The molecular weight excluding hydrogens is 382 g/mol. The highest BCUT2D eigenvalue weighted by Crippen LogP contribution is 2.35. The minimum Gasteiger partial charge on any atom is -0.496 e. The topological polar surface area (TPSA) is 91.3 Å². The third-order valence-corrected chi connectivity index (χ3v) is 4.61. The molecule has 0 aliphatic carbocycles. The van der Waals surface area contributed by atoms with Crippen LogP contribution in [0, 0.1) is 6.92 Å². The Morgan fingerprint density at radius 3 is 2.50 bits per heavy atom. The van der Waals surface area contributed by atoms with Crippen LogP contribution in [0.15, 0.2) is 55.2 Å². The van der Waals surface area contributed by atoms with Gasteiger partial charge in [0, 0.05) is 29.4 Å². The van der Waals surface area contributed by atoms with E-state index in [4.69, 9.17) is 14.2 Å². The number of aromatic nitrogens is 4. The van der Waals surface area contributed by atoms with E-state index < -0.39 is 0 Å². The third-order valence-electron chi connectivity index (χ3n) is 4.61. The minimum atomic E-state index is 0.295. The number of hydrogen-bond donors (Lipinski definition) is 1. The molecule has 0 spiro atoms. The molecule has 0 amide bonds. The molecule has 0 aliphatic heterocycles. The number of fused-ring (bicyclic) bond motifs is 1. The smallest absolute Gasteiger partial charge is 0.163 e. The van der Waals surface area contributed by atoms with Gasteiger partial charge in [-0.3, -0.25) is 0 Å². The predicted octanol–water partition coefficient (Wildman–Crippen LogP) is 4.07. The number of rotatable bonds is 7. The van der Waals surface area contributed by atoms with E-state index in [2.05, 4.69) is 25.3 Å². The molecule has 152 valence electrons. The zero-order valence-corrected chi connectivity index (χ0v) is 16.9. The molecule has 30 heavy (non-hydrogen) atoms. The second kappa shape index (κ2) is 8.60. The molecule has 0 saturated heterocycles. The standard InChI is InChI=1S/C22H21N5O3/c1-14-4-5-15(8-19(14)28-2)27-22-17-9-20(29-3)21(10-18(17)25-13-26-22)30-11-16-6-7-23-12-24-16/h4-10,12-13H,11H2,1-3H3,(H,25,26,27). The molecule has 0 radical (unpaired) electrons. The largest absolute Gasteiger partial charge is 0.496 e. The van der Waals surface area contributed by atoms with E-state index in [1.807, 2.05) is 37.3 Å². The second-order valence-corrected chi connectivity index (χ2v) is 6.54. The second-order valence-electron chi connectivity index (χ2n) is 6.54. The summed E-state index contributed by atoms with van der Waals surface area (Å²) in [6.45, 7) is 2.29. The molecule has 0 bridgehead atoms. The first-order valence-electron chi connectivity index (χ1n) is 9.30. The minimum absolute atomic E-state index is 0.295. The SMILES string of the molecule is COc1cc(Nc2ncnc3cc(OCc4ccncn4)c(OC)cc23)ccc1C. The van der Waals surface area contributed by atoms with Crippen molar-refractivity contribution in [2.24, 2.45) is 0 Å². The average Bonchev–Trinajstić information content (AvgIpc) is 2.79. The van der Waals surface area contributed by atoms with Gasteiger partial charge in [-0.1, -0.05) is 6.07 Å². The van der Waals surface area contributed by atoms with Crippen LogP contribution in [0.1, 0.15) is 11.3 Å². The van der Waals surface area contributed by atoms with Gasteiger partial charge in [-0.2, -0.15) is 0 Å². The van der Waals surface area contributed by atoms with Crippen LogP contribution in [-0.2, 0) is 6.61 Å². The Hall–Kier alpha value is -3.94. The van der Waals surface area contributed by atoms with Crippen LogP contribution in [0.25, 0.3) is 10.9 Å². The van der Waals surface area contributed by atoms with Crippen LogP contribution in [0.3, 0.4) is 0 Å². The van der Waals surface area contributed by atoms with Crippen molar-refractivity contribution >= 4 is 22.4 Å². The first-order valence-corrected chi connectivity index (χ1v) is 9.30. The van der Waals surface area contributed by atoms with E-state index in [1.54, 1.807) is 26.5 Å². The highest BCUT2D eigenvalue weighted by molar-refractivity contribution is 5.93. The lowest BCUT2D eigenvalue weighted by Gasteiger charge is -2.14. The lowest BCUT2D eigenvalue weighted by atomic mass is 10.2. The molecule has 2 aromatic heterocycles. The van der Waals surface area contributed by atoms with Gasteiger partial charge in [0.25, 0.3) is 0 Å². The summed E-state index contributed by atoms with van der Waals surface area (Å²) in [4.78, 5) is 16.9. The fraction of sp³-hybridized carbons (Fsp3) is 0.182. The van der Waals surface area contributed by atoms with Gasteiger partial charge in [-0.05, 0) is 30.7 Å². The summed E-state index contributed by atoms with van der Waals surface area (Å²) in [5.41, 5.74) is 3.42. The van der Waals surface area contributed by atoms with Gasteiger partial charge < -0.3 is 19.5 Å². The van der Waals surface area contributed by atoms with Crippen molar-refractivity contribution in [1.29, 1.82) is 0 Å². The number of nitrogens with one attached hydrogen (secondary N) is 1. The predicted molar refractivity (Wildman–Crippen MR) is 113 cm³/mol.